The normalized spacial score (nSPS) is 11.1. The second-order valence-electron chi connectivity index (χ2n) is 3.98. The van der Waals surface area contributed by atoms with Crippen LogP contribution in [0.4, 0.5) is 0 Å². The molecular weight excluding hydrogens is 184 g/mol. The number of hydrogen-bond acceptors (Lipinski definition) is 0. The molecule has 0 aliphatic carbocycles. The SMILES string of the molecule is C[SiH](C)[CH]c1cccc2ccccc12. The summed E-state index contributed by atoms with van der Waals surface area (Å²) in [4.78, 5) is 0. The Bertz CT molecular complexity index is 427. The maximum Gasteiger partial charge on any atom is 0.0392 e. The van der Waals surface area contributed by atoms with Crippen LogP contribution in [0.1, 0.15) is 5.56 Å². The van der Waals surface area contributed by atoms with Gasteiger partial charge in [0.2, 0.25) is 0 Å². The molecule has 0 aromatic heterocycles. The maximum absolute atomic E-state index is 2.45. The fourth-order valence-corrected chi connectivity index (χ4v) is 2.76. The highest BCUT2D eigenvalue weighted by Crippen LogP contribution is 2.20. The molecule has 0 aliphatic rings. The third kappa shape index (κ3) is 1.88. The van der Waals surface area contributed by atoms with Crippen LogP contribution in [-0.2, 0) is 0 Å². The first kappa shape index (κ1) is 9.47. The molecule has 14 heavy (non-hydrogen) atoms. The molecule has 0 amide bonds. The van der Waals surface area contributed by atoms with Crippen LogP contribution in [0.15, 0.2) is 42.5 Å². The first-order chi connectivity index (χ1) is 6.77. The van der Waals surface area contributed by atoms with E-state index in [1.165, 1.54) is 16.3 Å². The van der Waals surface area contributed by atoms with Crippen LogP contribution in [0.2, 0.25) is 13.1 Å². The van der Waals surface area contributed by atoms with Gasteiger partial charge in [-0.1, -0.05) is 55.6 Å². The Morgan fingerprint density at radius 2 is 1.64 bits per heavy atom. The fraction of sp³-hybridized carbons (Fsp3) is 0.154. The molecule has 2 aromatic rings. The molecule has 0 atom stereocenters. The van der Waals surface area contributed by atoms with Crippen molar-refractivity contribution in [1.29, 1.82) is 0 Å². The highest BCUT2D eigenvalue weighted by atomic mass is 28.3. The zero-order valence-electron chi connectivity index (χ0n) is 8.70. The summed E-state index contributed by atoms with van der Waals surface area (Å²) in [6, 6.07) is 17.6. The summed E-state index contributed by atoms with van der Waals surface area (Å²) in [5.41, 5.74) is 1.41. The molecule has 2 rings (SSSR count). The fourth-order valence-electron chi connectivity index (χ4n) is 1.75. The van der Waals surface area contributed by atoms with Gasteiger partial charge in [-0.05, 0) is 22.4 Å². The molecular formula is C13H15Si. The van der Waals surface area contributed by atoms with Gasteiger partial charge in [0.05, 0.1) is 0 Å². The van der Waals surface area contributed by atoms with Gasteiger partial charge in [-0.3, -0.25) is 0 Å². The quantitative estimate of drug-likeness (QED) is 0.650. The molecule has 0 saturated carbocycles. The van der Waals surface area contributed by atoms with Crippen molar-refractivity contribution in [3.63, 3.8) is 0 Å². The Morgan fingerprint density at radius 1 is 0.929 bits per heavy atom. The lowest BCUT2D eigenvalue weighted by molar-refractivity contribution is 1.62. The van der Waals surface area contributed by atoms with E-state index < -0.39 is 8.80 Å². The minimum atomic E-state index is -0.630. The molecule has 0 bridgehead atoms. The summed E-state index contributed by atoms with van der Waals surface area (Å²) < 4.78 is 0. The van der Waals surface area contributed by atoms with Crippen molar-refractivity contribution < 1.29 is 0 Å². The number of benzene rings is 2. The molecule has 2 aromatic carbocycles. The van der Waals surface area contributed by atoms with Gasteiger partial charge in [0.15, 0.2) is 0 Å². The van der Waals surface area contributed by atoms with Crippen LogP contribution in [0.25, 0.3) is 10.8 Å². The number of hydrogen-bond donors (Lipinski definition) is 0. The summed E-state index contributed by atoms with van der Waals surface area (Å²) in [7, 11) is -0.630. The molecule has 0 N–H and O–H groups in total. The van der Waals surface area contributed by atoms with Crippen LogP contribution < -0.4 is 0 Å². The second-order valence-corrected chi connectivity index (χ2v) is 6.80. The van der Waals surface area contributed by atoms with Crippen LogP contribution in [-0.4, -0.2) is 8.80 Å². The van der Waals surface area contributed by atoms with E-state index in [0.717, 1.165) is 0 Å². The molecule has 0 heterocycles. The van der Waals surface area contributed by atoms with Gasteiger partial charge >= 0.3 is 0 Å². The van der Waals surface area contributed by atoms with Crippen LogP contribution >= 0.6 is 0 Å². The largest absolute Gasteiger partial charge is 0.0717 e. The molecule has 1 radical (unpaired) electrons. The Kier molecular flexibility index (Phi) is 2.68. The first-order valence-electron chi connectivity index (χ1n) is 5.10. The Hall–Kier alpha value is -1.08. The van der Waals surface area contributed by atoms with Gasteiger partial charge in [0.1, 0.15) is 0 Å². The van der Waals surface area contributed by atoms with E-state index in [-0.39, 0.29) is 0 Å². The average molecular weight is 199 g/mol. The summed E-state index contributed by atoms with van der Waals surface area (Å²) in [6.45, 7) is 4.70. The molecule has 0 unspecified atom stereocenters. The van der Waals surface area contributed by atoms with Gasteiger partial charge in [0, 0.05) is 8.80 Å². The van der Waals surface area contributed by atoms with E-state index in [1.54, 1.807) is 0 Å². The molecule has 0 nitrogen and oxygen atoms in total. The summed E-state index contributed by atoms with van der Waals surface area (Å²) in [5, 5.41) is 2.73. The lowest BCUT2D eigenvalue weighted by Gasteiger charge is -2.07. The molecule has 0 spiro atoms. The number of rotatable bonds is 2. The van der Waals surface area contributed by atoms with Crippen molar-refractivity contribution in [2.24, 2.45) is 0 Å². The van der Waals surface area contributed by atoms with Crippen molar-refractivity contribution in [2.75, 3.05) is 0 Å². The Balaban J connectivity index is 2.53. The van der Waals surface area contributed by atoms with Gasteiger partial charge in [-0.15, -0.1) is 0 Å². The van der Waals surface area contributed by atoms with Gasteiger partial charge in [-0.2, -0.15) is 0 Å². The van der Waals surface area contributed by atoms with Crippen molar-refractivity contribution in [1.82, 2.24) is 0 Å². The molecule has 1 heteroatoms. The van der Waals surface area contributed by atoms with E-state index in [0.29, 0.717) is 0 Å². The molecule has 71 valence electrons. The summed E-state index contributed by atoms with van der Waals surface area (Å²) in [6.07, 6.45) is 0. The molecule has 0 saturated heterocycles. The number of fused-ring (bicyclic) bond motifs is 1. The lowest BCUT2D eigenvalue weighted by Crippen LogP contribution is -2.02. The van der Waals surface area contributed by atoms with E-state index >= 15 is 0 Å². The van der Waals surface area contributed by atoms with Gasteiger partial charge < -0.3 is 0 Å². The predicted molar refractivity (Wildman–Crippen MR) is 66.2 cm³/mol. The van der Waals surface area contributed by atoms with Crippen molar-refractivity contribution in [2.45, 2.75) is 13.1 Å². The zero-order chi connectivity index (χ0) is 9.97. The standard InChI is InChI=1S/C13H15Si/c1-14(2)10-12-8-5-7-11-6-3-4-9-13(11)12/h3-10,14H,1-2H3. The second kappa shape index (κ2) is 3.97. The monoisotopic (exact) mass is 199 g/mol. The Morgan fingerprint density at radius 3 is 2.43 bits per heavy atom. The average Bonchev–Trinajstić information content (AvgIpc) is 2.18. The minimum Gasteiger partial charge on any atom is -0.0717 e. The molecule has 0 fully saturated rings. The third-order valence-electron chi connectivity index (χ3n) is 2.34. The summed E-state index contributed by atoms with van der Waals surface area (Å²) in [5.74, 6) is 0. The van der Waals surface area contributed by atoms with Crippen molar-refractivity contribution in [3.8, 4) is 0 Å². The minimum absolute atomic E-state index is 0.630. The third-order valence-corrected chi connectivity index (χ3v) is 3.36. The van der Waals surface area contributed by atoms with Crippen LogP contribution in [0.3, 0.4) is 0 Å². The van der Waals surface area contributed by atoms with Crippen LogP contribution in [0.5, 0.6) is 0 Å². The van der Waals surface area contributed by atoms with Gasteiger partial charge in [-0.25, -0.2) is 0 Å². The van der Waals surface area contributed by atoms with Crippen molar-refractivity contribution >= 4 is 19.6 Å². The Labute approximate surface area is 87.2 Å². The molecule has 0 aliphatic heterocycles. The predicted octanol–water partition coefficient (Wildman–Crippen LogP) is 3.42. The highest BCUT2D eigenvalue weighted by molar-refractivity contribution is 6.61. The van der Waals surface area contributed by atoms with Crippen molar-refractivity contribution in [3.05, 3.63) is 54.1 Å². The smallest absolute Gasteiger partial charge is 0.0392 e. The lowest BCUT2D eigenvalue weighted by atomic mass is 10.1. The van der Waals surface area contributed by atoms with E-state index in [2.05, 4.69) is 61.6 Å². The van der Waals surface area contributed by atoms with E-state index in [1.807, 2.05) is 0 Å². The van der Waals surface area contributed by atoms with Gasteiger partial charge in [0.25, 0.3) is 0 Å². The van der Waals surface area contributed by atoms with Crippen LogP contribution in [0, 0.1) is 6.04 Å². The van der Waals surface area contributed by atoms with E-state index in [9.17, 15) is 0 Å². The zero-order valence-corrected chi connectivity index (χ0v) is 9.85. The topological polar surface area (TPSA) is 0 Å². The first-order valence-corrected chi connectivity index (χ1v) is 8.07. The summed E-state index contributed by atoms with van der Waals surface area (Å²) >= 11 is 0. The van der Waals surface area contributed by atoms with E-state index in [4.69, 9.17) is 0 Å². The maximum atomic E-state index is 2.45. The highest BCUT2D eigenvalue weighted by Gasteiger charge is 2.03.